The zero-order valence-corrected chi connectivity index (χ0v) is 12.2. The topological polar surface area (TPSA) is 25.2 Å². The van der Waals surface area contributed by atoms with Gasteiger partial charge in [-0.1, -0.05) is 31.4 Å². The standard InChI is InChI=1S/C15H18BrNO/c1-17-13(8-10-4-2-5-10)14-9-11-6-3-7-12(16)15(11)18-14/h3,6-7,9-10,13,17H,2,4-5,8H2,1H3. The number of halogens is 1. The number of furan rings is 1. The lowest BCUT2D eigenvalue weighted by atomic mass is 9.80. The number of hydrogen-bond acceptors (Lipinski definition) is 2. The highest BCUT2D eigenvalue weighted by Crippen LogP contribution is 2.37. The summed E-state index contributed by atoms with van der Waals surface area (Å²) in [5, 5.41) is 4.56. The predicted octanol–water partition coefficient (Wildman–Crippen LogP) is 4.65. The molecule has 3 rings (SSSR count). The van der Waals surface area contributed by atoms with Crippen molar-refractivity contribution in [1.29, 1.82) is 0 Å². The fourth-order valence-corrected chi connectivity index (χ4v) is 3.12. The summed E-state index contributed by atoms with van der Waals surface area (Å²) in [4.78, 5) is 0. The van der Waals surface area contributed by atoms with E-state index in [2.05, 4.69) is 33.4 Å². The fraction of sp³-hybridized carbons (Fsp3) is 0.467. The minimum Gasteiger partial charge on any atom is -0.458 e. The number of hydrogen-bond donors (Lipinski definition) is 1. The van der Waals surface area contributed by atoms with Crippen LogP contribution in [-0.2, 0) is 0 Å². The van der Waals surface area contributed by atoms with Gasteiger partial charge in [-0.25, -0.2) is 0 Å². The molecule has 1 unspecified atom stereocenters. The number of benzene rings is 1. The molecule has 1 aromatic carbocycles. The Kier molecular flexibility index (Phi) is 3.44. The van der Waals surface area contributed by atoms with E-state index < -0.39 is 0 Å². The maximum Gasteiger partial charge on any atom is 0.148 e. The molecule has 3 heteroatoms. The number of rotatable bonds is 4. The fourth-order valence-electron chi connectivity index (χ4n) is 2.66. The molecular formula is C15H18BrNO. The first-order chi connectivity index (χ1) is 8.78. The molecule has 0 aliphatic heterocycles. The van der Waals surface area contributed by atoms with Crippen molar-refractivity contribution in [3.8, 4) is 0 Å². The second kappa shape index (κ2) is 5.06. The Morgan fingerprint density at radius 3 is 2.89 bits per heavy atom. The average molecular weight is 308 g/mol. The van der Waals surface area contributed by atoms with Crippen molar-refractivity contribution < 1.29 is 4.42 Å². The second-order valence-corrected chi connectivity index (χ2v) is 6.04. The summed E-state index contributed by atoms with van der Waals surface area (Å²) in [6.45, 7) is 0. The molecule has 2 aromatic rings. The van der Waals surface area contributed by atoms with Crippen LogP contribution in [0, 0.1) is 5.92 Å². The summed E-state index contributed by atoms with van der Waals surface area (Å²) < 4.78 is 7.04. The first-order valence-corrected chi connectivity index (χ1v) is 7.42. The van der Waals surface area contributed by atoms with Crippen LogP contribution >= 0.6 is 15.9 Å². The van der Waals surface area contributed by atoms with Crippen molar-refractivity contribution >= 4 is 26.9 Å². The number of para-hydroxylation sites is 1. The highest BCUT2D eigenvalue weighted by molar-refractivity contribution is 9.10. The van der Waals surface area contributed by atoms with Gasteiger partial charge in [0.15, 0.2) is 0 Å². The van der Waals surface area contributed by atoms with Gasteiger partial charge in [-0.05, 0) is 47.4 Å². The van der Waals surface area contributed by atoms with Gasteiger partial charge in [0, 0.05) is 5.39 Å². The predicted molar refractivity (Wildman–Crippen MR) is 77.7 cm³/mol. The van der Waals surface area contributed by atoms with E-state index in [4.69, 9.17) is 4.42 Å². The molecule has 96 valence electrons. The van der Waals surface area contributed by atoms with Gasteiger partial charge < -0.3 is 9.73 Å². The van der Waals surface area contributed by atoms with Crippen molar-refractivity contribution in [2.45, 2.75) is 31.7 Å². The molecule has 0 bridgehead atoms. The molecule has 1 fully saturated rings. The van der Waals surface area contributed by atoms with E-state index in [1.165, 1.54) is 31.1 Å². The van der Waals surface area contributed by atoms with Crippen LogP contribution in [0.2, 0.25) is 0 Å². The van der Waals surface area contributed by atoms with Crippen LogP contribution in [0.15, 0.2) is 33.2 Å². The van der Waals surface area contributed by atoms with Crippen molar-refractivity contribution in [3.05, 3.63) is 34.5 Å². The third kappa shape index (κ3) is 2.21. The Morgan fingerprint density at radius 1 is 1.44 bits per heavy atom. The molecule has 0 radical (unpaired) electrons. The number of nitrogens with one attached hydrogen (secondary N) is 1. The molecule has 0 amide bonds. The van der Waals surface area contributed by atoms with E-state index in [0.29, 0.717) is 6.04 Å². The Hall–Kier alpha value is -0.800. The van der Waals surface area contributed by atoms with Crippen LogP contribution in [0.4, 0.5) is 0 Å². The average Bonchev–Trinajstić information content (AvgIpc) is 2.73. The van der Waals surface area contributed by atoms with Crippen molar-refractivity contribution in [3.63, 3.8) is 0 Å². The Morgan fingerprint density at radius 2 is 2.28 bits per heavy atom. The summed E-state index contributed by atoms with van der Waals surface area (Å²) in [7, 11) is 2.02. The third-order valence-corrected chi connectivity index (χ3v) is 4.63. The molecule has 1 aromatic heterocycles. The lowest BCUT2D eigenvalue weighted by Gasteiger charge is -2.28. The van der Waals surface area contributed by atoms with Gasteiger partial charge in [0.2, 0.25) is 0 Å². The maximum absolute atomic E-state index is 6.01. The van der Waals surface area contributed by atoms with Crippen molar-refractivity contribution in [2.75, 3.05) is 7.05 Å². The Balaban J connectivity index is 1.89. The summed E-state index contributed by atoms with van der Waals surface area (Å²) in [6, 6.07) is 8.68. The third-order valence-electron chi connectivity index (χ3n) is 4.00. The van der Waals surface area contributed by atoms with Gasteiger partial charge >= 0.3 is 0 Å². The molecule has 1 heterocycles. The second-order valence-electron chi connectivity index (χ2n) is 5.18. The highest BCUT2D eigenvalue weighted by Gasteiger charge is 2.24. The number of fused-ring (bicyclic) bond motifs is 1. The monoisotopic (exact) mass is 307 g/mol. The van der Waals surface area contributed by atoms with Gasteiger partial charge in [0.25, 0.3) is 0 Å². The quantitative estimate of drug-likeness (QED) is 0.889. The lowest BCUT2D eigenvalue weighted by Crippen LogP contribution is -2.22. The molecule has 1 aliphatic carbocycles. The molecular weight excluding hydrogens is 290 g/mol. The van der Waals surface area contributed by atoms with E-state index >= 15 is 0 Å². The van der Waals surface area contributed by atoms with Crippen LogP contribution < -0.4 is 5.32 Å². The Labute approximate surface area is 116 Å². The highest BCUT2D eigenvalue weighted by atomic mass is 79.9. The zero-order chi connectivity index (χ0) is 12.5. The zero-order valence-electron chi connectivity index (χ0n) is 10.6. The van der Waals surface area contributed by atoms with E-state index in [1.54, 1.807) is 0 Å². The van der Waals surface area contributed by atoms with E-state index in [0.717, 1.165) is 21.7 Å². The molecule has 1 atom stereocenters. The normalized spacial score (nSPS) is 17.9. The molecule has 18 heavy (non-hydrogen) atoms. The molecule has 1 N–H and O–H groups in total. The molecule has 1 aliphatic rings. The van der Waals surface area contributed by atoms with E-state index in [1.807, 2.05) is 19.2 Å². The lowest BCUT2D eigenvalue weighted by molar-refractivity contribution is 0.253. The van der Waals surface area contributed by atoms with Crippen LogP contribution in [0.3, 0.4) is 0 Å². The maximum atomic E-state index is 6.01. The van der Waals surface area contributed by atoms with Gasteiger partial charge in [0.1, 0.15) is 11.3 Å². The largest absolute Gasteiger partial charge is 0.458 e. The van der Waals surface area contributed by atoms with Crippen LogP contribution in [0.5, 0.6) is 0 Å². The van der Waals surface area contributed by atoms with Crippen LogP contribution in [0.1, 0.15) is 37.5 Å². The van der Waals surface area contributed by atoms with Gasteiger partial charge in [-0.15, -0.1) is 0 Å². The minimum absolute atomic E-state index is 0.342. The summed E-state index contributed by atoms with van der Waals surface area (Å²) in [5.41, 5.74) is 0.960. The smallest absolute Gasteiger partial charge is 0.148 e. The van der Waals surface area contributed by atoms with Crippen molar-refractivity contribution in [1.82, 2.24) is 5.32 Å². The Bertz CT molecular complexity index is 544. The SMILES string of the molecule is CNC(CC1CCC1)c1cc2cccc(Br)c2o1. The summed E-state index contributed by atoms with van der Waals surface area (Å²) >= 11 is 3.54. The molecule has 2 nitrogen and oxygen atoms in total. The van der Waals surface area contributed by atoms with Crippen LogP contribution in [0.25, 0.3) is 11.0 Å². The van der Waals surface area contributed by atoms with Crippen molar-refractivity contribution in [2.24, 2.45) is 5.92 Å². The summed E-state index contributed by atoms with van der Waals surface area (Å²) in [5.74, 6) is 1.94. The van der Waals surface area contributed by atoms with Crippen LogP contribution in [-0.4, -0.2) is 7.05 Å². The van der Waals surface area contributed by atoms with E-state index in [9.17, 15) is 0 Å². The van der Waals surface area contributed by atoms with E-state index in [-0.39, 0.29) is 0 Å². The molecule has 0 saturated heterocycles. The first-order valence-electron chi connectivity index (χ1n) is 6.63. The van der Waals surface area contributed by atoms with Gasteiger partial charge in [-0.2, -0.15) is 0 Å². The first kappa shape index (κ1) is 12.2. The van der Waals surface area contributed by atoms with Gasteiger partial charge in [-0.3, -0.25) is 0 Å². The molecule has 1 saturated carbocycles. The molecule has 0 spiro atoms. The summed E-state index contributed by atoms with van der Waals surface area (Å²) in [6.07, 6.45) is 5.34. The minimum atomic E-state index is 0.342. The van der Waals surface area contributed by atoms with Gasteiger partial charge in [0.05, 0.1) is 10.5 Å².